The number of halogens is 4. The van der Waals surface area contributed by atoms with Gasteiger partial charge < -0.3 is 34.3 Å². The fourth-order valence-corrected chi connectivity index (χ4v) is 10.2. The highest BCUT2D eigenvalue weighted by Crippen LogP contribution is 2.44. The number of hydrogen-bond acceptors (Lipinski definition) is 9. The first-order valence-electron chi connectivity index (χ1n) is 22.8. The Kier molecular flexibility index (Phi) is 14.2. The number of ether oxygens (including phenoxy) is 4. The molecule has 1 aliphatic carbocycles. The Morgan fingerprint density at radius 2 is 1.53 bits per heavy atom. The number of alkyl carbamates (subject to hydrolysis) is 1. The van der Waals surface area contributed by atoms with E-state index in [2.05, 4.69) is 10.2 Å². The quantitative estimate of drug-likeness (QED) is 0.0574. The molecule has 356 valence electrons. The van der Waals surface area contributed by atoms with E-state index >= 15 is 0 Å². The van der Waals surface area contributed by atoms with E-state index in [1.165, 1.54) is 29.4 Å². The first-order valence-corrected chi connectivity index (χ1v) is 23.5. The van der Waals surface area contributed by atoms with E-state index in [1.807, 2.05) is 54.6 Å². The van der Waals surface area contributed by atoms with Crippen LogP contribution in [0.15, 0.2) is 109 Å². The molecule has 5 aliphatic rings. The summed E-state index contributed by atoms with van der Waals surface area (Å²) in [6.45, 7) is 0.0510. The molecule has 0 spiro atoms. The lowest BCUT2D eigenvalue weighted by Crippen LogP contribution is -2.63. The van der Waals surface area contributed by atoms with E-state index in [-0.39, 0.29) is 59.7 Å². The molecule has 1 aromatic heterocycles. The maximum atomic E-state index is 14.4. The third kappa shape index (κ3) is 10.9. The molecule has 5 atom stereocenters. The summed E-state index contributed by atoms with van der Waals surface area (Å²) in [6, 6.07) is 27.0. The molecule has 1 saturated carbocycles. The van der Waals surface area contributed by atoms with Crippen LogP contribution in [0, 0.1) is 17.8 Å². The first kappa shape index (κ1) is 46.9. The highest BCUT2D eigenvalue weighted by atomic mass is 35.5. The van der Waals surface area contributed by atoms with E-state index in [1.54, 1.807) is 30.3 Å². The Morgan fingerprint density at radius 3 is 2.19 bits per heavy atom. The second kappa shape index (κ2) is 20.6. The number of aromatic nitrogens is 1. The number of carbonyl (C=O) groups excluding carboxylic acids is 2. The van der Waals surface area contributed by atoms with E-state index in [4.69, 9.17) is 42.1 Å². The van der Waals surface area contributed by atoms with Crippen LogP contribution < -0.4 is 24.3 Å². The van der Waals surface area contributed by atoms with E-state index in [9.17, 15) is 33.5 Å². The Hall–Kier alpha value is -6.16. The Bertz CT molecular complexity index is 2590. The molecule has 13 nitrogen and oxygen atoms in total. The zero-order valence-electron chi connectivity index (χ0n) is 36.9. The van der Waals surface area contributed by atoms with Crippen molar-refractivity contribution in [2.24, 2.45) is 17.8 Å². The molecule has 5 heterocycles. The molecule has 5 aromatic rings. The standard InChI is InChI=1S/C51H50Cl2F2N4O9/c52-41-25-58(64)26-42(53)39(41)23-38(35-15-16-43(67-50(54)55)44(22-35)66-29-30-9-10-30)47-40(49(61)62)24-59(47)48(60)34-13-11-31(12-14-34)28-65-37-8-4-7-36(21-37)46(33-5-2-1-3-6-33)56-51(63)68-45-27-57-19-17-32(45)18-20-57/h1-8,11-16,21-22,25-26,30,32,38,40,45-47,50H,9-10,17-20,23-24,27-29H2,(H2-,56,61,62,63,64)/p+1/t38-,40?,45-,46-,47?/m0/s1. The van der Waals surface area contributed by atoms with Crippen LogP contribution in [0.1, 0.15) is 75.8 Å². The predicted molar refractivity (Wildman–Crippen MR) is 246 cm³/mol. The van der Waals surface area contributed by atoms with Crippen LogP contribution in [0.5, 0.6) is 17.2 Å². The van der Waals surface area contributed by atoms with Gasteiger partial charge in [0.1, 0.15) is 28.5 Å². The number of nitrogens with one attached hydrogen (secondary N) is 1. The van der Waals surface area contributed by atoms with Gasteiger partial charge in [0.2, 0.25) is 12.4 Å². The Balaban J connectivity index is 0.919. The van der Waals surface area contributed by atoms with E-state index in [0.717, 1.165) is 62.0 Å². The number of carbonyl (C=O) groups is 3. The summed E-state index contributed by atoms with van der Waals surface area (Å²) < 4.78 is 50.7. The highest BCUT2D eigenvalue weighted by molar-refractivity contribution is 6.35. The van der Waals surface area contributed by atoms with Crippen molar-refractivity contribution in [2.75, 3.05) is 32.8 Å². The summed E-state index contributed by atoms with van der Waals surface area (Å²) in [7, 11) is 0. The van der Waals surface area contributed by atoms with Gasteiger partial charge in [0.25, 0.3) is 5.91 Å². The molecule has 0 radical (unpaired) electrons. The van der Waals surface area contributed by atoms with Crippen LogP contribution in [0.25, 0.3) is 0 Å². The zero-order chi connectivity index (χ0) is 47.5. The molecule has 68 heavy (non-hydrogen) atoms. The van der Waals surface area contributed by atoms with Crippen LogP contribution >= 0.6 is 23.2 Å². The van der Waals surface area contributed by atoms with Gasteiger partial charge in [-0.3, -0.25) is 19.7 Å². The fraction of sp³-hybridized carbons (Fsp3) is 0.373. The molecule has 2 bridgehead atoms. The van der Waals surface area contributed by atoms with Crippen molar-refractivity contribution in [1.82, 2.24) is 15.1 Å². The third-order valence-corrected chi connectivity index (χ3v) is 14.1. The molecule has 4 aliphatic heterocycles. The lowest BCUT2D eigenvalue weighted by Gasteiger charge is -2.50. The maximum absolute atomic E-state index is 14.4. The number of pyridine rings is 1. The maximum Gasteiger partial charge on any atom is 0.408 e. The van der Waals surface area contributed by atoms with Gasteiger partial charge in [-0.1, -0.05) is 83.9 Å². The van der Waals surface area contributed by atoms with Gasteiger partial charge in [-0.05, 0) is 116 Å². The summed E-state index contributed by atoms with van der Waals surface area (Å²) in [5.41, 5.74) is 3.60. The van der Waals surface area contributed by atoms with Gasteiger partial charge in [0.05, 0.1) is 24.6 Å². The first-order chi connectivity index (χ1) is 32.9. The summed E-state index contributed by atoms with van der Waals surface area (Å²) in [5.74, 6) is -2.28. The molecular weight excluding hydrogens is 921 g/mol. The predicted octanol–water partition coefficient (Wildman–Crippen LogP) is 8.95. The average molecular weight is 973 g/mol. The lowest BCUT2D eigenvalue weighted by atomic mass is 9.73. The van der Waals surface area contributed by atoms with Crippen LogP contribution in [0.4, 0.5) is 13.6 Å². The number of hydrogen-bond donors (Lipinski definition) is 3. The number of fused-ring (bicyclic) bond motifs is 3. The second-order valence-corrected chi connectivity index (χ2v) is 18.8. The highest BCUT2D eigenvalue weighted by Gasteiger charge is 2.51. The molecule has 2 amide bonds. The van der Waals surface area contributed by atoms with Crippen LogP contribution in [0.2, 0.25) is 10.0 Å². The zero-order valence-corrected chi connectivity index (χ0v) is 38.4. The topological polar surface area (TPSA) is 151 Å². The van der Waals surface area contributed by atoms with Crippen LogP contribution in [0.3, 0.4) is 0 Å². The molecule has 5 fully saturated rings. The molecule has 10 rings (SSSR count). The number of amides is 2. The minimum absolute atomic E-state index is 0.0112. The molecule has 2 unspecified atom stereocenters. The smallest absolute Gasteiger partial charge is 0.408 e. The number of benzene rings is 4. The number of nitrogens with zero attached hydrogens (tertiary/aromatic N) is 3. The second-order valence-electron chi connectivity index (χ2n) is 18.0. The number of piperidine rings is 3. The minimum Gasteiger partial charge on any atom is -0.489 e. The molecule has 4 saturated heterocycles. The normalized spacial score (nSPS) is 21.6. The van der Waals surface area contributed by atoms with Gasteiger partial charge in [-0.15, -0.1) is 0 Å². The van der Waals surface area contributed by atoms with Crippen molar-refractivity contribution in [3.05, 3.63) is 153 Å². The minimum atomic E-state index is -3.12. The number of alkyl halides is 2. The Morgan fingerprint density at radius 1 is 0.809 bits per heavy atom. The Labute approximate surface area is 402 Å². The van der Waals surface area contributed by atoms with Crippen molar-refractivity contribution in [2.45, 2.75) is 69.4 Å². The summed E-state index contributed by atoms with van der Waals surface area (Å²) >= 11 is 13.2. The third-order valence-electron chi connectivity index (χ3n) is 13.5. The van der Waals surface area contributed by atoms with E-state index in [0.29, 0.717) is 33.1 Å². The number of carboxylic acid groups (broad SMARTS) is 1. The van der Waals surface area contributed by atoms with Crippen LogP contribution in [-0.4, -0.2) is 89.6 Å². The summed E-state index contributed by atoms with van der Waals surface area (Å²) in [5, 5.41) is 23.8. The van der Waals surface area contributed by atoms with Crippen molar-refractivity contribution in [1.29, 1.82) is 0 Å². The van der Waals surface area contributed by atoms with Gasteiger partial charge in [-0.25, -0.2) is 4.79 Å². The van der Waals surface area contributed by atoms with Crippen molar-refractivity contribution in [3.63, 3.8) is 0 Å². The average Bonchev–Trinajstić information content (AvgIpc) is 4.15. The lowest BCUT2D eigenvalue weighted by molar-refractivity contribution is -0.904. The van der Waals surface area contributed by atoms with E-state index < -0.39 is 48.5 Å². The largest absolute Gasteiger partial charge is 0.489 e. The van der Waals surface area contributed by atoms with Gasteiger partial charge in [0.15, 0.2) is 11.5 Å². The van der Waals surface area contributed by atoms with Crippen molar-refractivity contribution in [3.8, 4) is 17.2 Å². The SMILES string of the molecule is O=C(N[C@@H](c1ccccc1)c1cccc(OCc2ccc(C(=O)N3CC(C(=O)O)C3[C@@H](Cc3c(Cl)c[n+](O)cc3Cl)c3ccc(OC(F)F)c(OCC4CC4)c3)cc2)c1)O[C@H]1CN2CCC1CC2. The number of aliphatic carboxylic acids is 1. The monoisotopic (exact) mass is 971 g/mol. The van der Waals surface area contributed by atoms with Crippen molar-refractivity contribution >= 4 is 41.2 Å². The summed E-state index contributed by atoms with van der Waals surface area (Å²) in [4.78, 5) is 44.4. The van der Waals surface area contributed by atoms with Crippen LogP contribution in [-0.2, 0) is 22.6 Å². The molecular formula is C51H51Cl2F2N4O9+. The van der Waals surface area contributed by atoms with Crippen molar-refractivity contribution < 1.29 is 57.2 Å². The van der Waals surface area contributed by atoms with Gasteiger partial charge >= 0.3 is 18.7 Å². The number of carboxylic acids is 1. The number of rotatable bonds is 18. The summed E-state index contributed by atoms with van der Waals surface area (Å²) in [6.07, 6.45) is 5.81. The molecule has 17 heteroatoms. The molecule has 3 N–H and O–H groups in total. The number of likely N-dealkylation sites (tertiary alicyclic amines) is 1. The van der Waals surface area contributed by atoms with Gasteiger partial charge in [-0.2, -0.15) is 8.78 Å². The molecule has 4 aromatic carbocycles. The van der Waals surface area contributed by atoms with Gasteiger partial charge in [0, 0.05) is 34.9 Å². The fourth-order valence-electron chi connectivity index (χ4n) is 9.60.